The molecule has 0 radical (unpaired) electrons. The molecule has 2 heterocycles. The fourth-order valence-corrected chi connectivity index (χ4v) is 5.60. The Morgan fingerprint density at radius 3 is 2.34 bits per heavy atom. The van der Waals surface area contributed by atoms with Gasteiger partial charge in [0.05, 0.1) is 5.02 Å². The Balaban J connectivity index is 1.49. The quantitative estimate of drug-likeness (QED) is 0.566. The number of nitrogens with one attached hydrogen (secondary N) is 2. The zero-order valence-electron chi connectivity index (χ0n) is 18.5. The van der Waals surface area contributed by atoms with Gasteiger partial charge in [0.25, 0.3) is 5.91 Å². The summed E-state index contributed by atoms with van der Waals surface area (Å²) >= 11 is 5.90. The average Bonchev–Trinajstić information content (AvgIpc) is 3.07. The molecule has 1 aromatic heterocycles. The van der Waals surface area contributed by atoms with E-state index in [2.05, 4.69) is 15.6 Å². The molecule has 0 bridgehead atoms. The number of imide groups is 1. The van der Waals surface area contributed by atoms with Gasteiger partial charge in [-0.1, -0.05) is 75.8 Å². The second-order valence-corrected chi connectivity index (χ2v) is 9.99. The topological polar surface area (TPSA) is 91.4 Å². The van der Waals surface area contributed by atoms with Crippen LogP contribution in [0.2, 0.25) is 5.02 Å². The first-order valence-corrected chi connectivity index (χ1v) is 12.4. The average molecular weight is 461 g/mol. The van der Waals surface area contributed by atoms with E-state index in [1.165, 1.54) is 36.8 Å². The number of amides is 4. The lowest BCUT2D eigenvalue weighted by molar-refractivity contribution is -0.134. The number of carbonyl (C=O) groups excluding carboxylic acids is 3. The number of rotatable bonds is 7. The number of aromatic nitrogens is 1. The normalized spacial score (nSPS) is 23.8. The number of pyridine rings is 1. The summed E-state index contributed by atoms with van der Waals surface area (Å²) in [5.41, 5.74) is 0. The number of urea groups is 1. The molecule has 2 atom stereocenters. The van der Waals surface area contributed by atoms with E-state index in [1.54, 1.807) is 12.1 Å². The maximum atomic E-state index is 13.3. The van der Waals surface area contributed by atoms with Crippen LogP contribution in [0.5, 0.6) is 0 Å². The third-order valence-corrected chi connectivity index (χ3v) is 7.44. The fraction of sp³-hybridized carbons (Fsp3) is 0.667. The van der Waals surface area contributed by atoms with Gasteiger partial charge in [-0.05, 0) is 36.8 Å². The van der Waals surface area contributed by atoms with Crippen molar-refractivity contribution in [2.75, 3.05) is 5.32 Å². The highest BCUT2D eigenvalue weighted by Gasteiger charge is 2.45. The second-order valence-electron chi connectivity index (χ2n) is 9.56. The highest BCUT2D eigenvalue weighted by atomic mass is 35.5. The Hall–Kier alpha value is -2.15. The molecule has 0 aromatic carbocycles. The third-order valence-electron chi connectivity index (χ3n) is 7.22. The first-order chi connectivity index (χ1) is 15.5. The van der Waals surface area contributed by atoms with Gasteiger partial charge < -0.3 is 10.6 Å². The van der Waals surface area contributed by atoms with Gasteiger partial charge in [0.1, 0.15) is 17.9 Å². The van der Waals surface area contributed by atoms with Gasteiger partial charge in [-0.15, -0.1) is 0 Å². The lowest BCUT2D eigenvalue weighted by atomic mass is 9.83. The summed E-state index contributed by atoms with van der Waals surface area (Å²) in [6, 6.07) is 1.46. The molecule has 8 heteroatoms. The molecule has 3 fully saturated rings. The largest absolute Gasteiger partial charge is 0.326 e. The van der Waals surface area contributed by atoms with Gasteiger partial charge in [-0.2, -0.15) is 0 Å². The standard InChI is InChI=1S/C24H33ClN4O3/c25-18-11-12-21(26-15-18)28-22(30)20(14-17-9-5-2-6-10-17)29-23(31)19(27-24(29)32)13-16-7-3-1-4-8-16/h11-12,15-17,19-20H,1-10,13-14H2,(H,27,32)(H,26,28,30). The van der Waals surface area contributed by atoms with Gasteiger partial charge in [0.2, 0.25) is 5.91 Å². The van der Waals surface area contributed by atoms with Gasteiger partial charge in [0, 0.05) is 6.20 Å². The van der Waals surface area contributed by atoms with Crippen molar-refractivity contribution in [3.8, 4) is 0 Å². The number of halogens is 1. The summed E-state index contributed by atoms with van der Waals surface area (Å²) in [6.07, 6.45) is 14.0. The zero-order valence-corrected chi connectivity index (χ0v) is 19.3. The van der Waals surface area contributed by atoms with Crippen LogP contribution in [0.25, 0.3) is 0 Å². The SMILES string of the molecule is O=C(Nc1ccc(Cl)cn1)C(CC1CCCCC1)N1C(=O)NC(CC2CCCCC2)C1=O. The number of carbonyl (C=O) groups is 3. The third kappa shape index (κ3) is 5.61. The lowest BCUT2D eigenvalue weighted by Crippen LogP contribution is -2.49. The molecule has 1 saturated heterocycles. The van der Waals surface area contributed by atoms with Crippen LogP contribution < -0.4 is 10.6 Å². The minimum absolute atomic E-state index is 0.263. The van der Waals surface area contributed by atoms with Crippen LogP contribution in [0, 0.1) is 11.8 Å². The highest BCUT2D eigenvalue weighted by molar-refractivity contribution is 6.30. The van der Waals surface area contributed by atoms with Gasteiger partial charge in [-0.25, -0.2) is 14.7 Å². The van der Waals surface area contributed by atoms with E-state index >= 15 is 0 Å². The number of nitrogens with zero attached hydrogens (tertiary/aromatic N) is 2. The van der Waals surface area contributed by atoms with Crippen molar-refractivity contribution in [2.24, 2.45) is 11.8 Å². The molecule has 2 aliphatic carbocycles. The van der Waals surface area contributed by atoms with Gasteiger partial charge in [0.15, 0.2) is 0 Å². The summed E-state index contributed by atoms with van der Waals surface area (Å²) in [6.45, 7) is 0. The zero-order chi connectivity index (χ0) is 22.5. The minimum Gasteiger partial charge on any atom is -0.326 e. The molecule has 2 saturated carbocycles. The number of hydrogen-bond donors (Lipinski definition) is 2. The summed E-state index contributed by atoms with van der Waals surface area (Å²) in [7, 11) is 0. The molecule has 32 heavy (non-hydrogen) atoms. The van der Waals surface area contributed by atoms with Crippen LogP contribution in [0.3, 0.4) is 0 Å². The van der Waals surface area contributed by atoms with Gasteiger partial charge >= 0.3 is 6.03 Å². The summed E-state index contributed by atoms with van der Waals surface area (Å²) in [5, 5.41) is 6.13. The molecule has 4 amide bonds. The van der Waals surface area contributed by atoms with E-state index in [0.717, 1.165) is 38.5 Å². The van der Waals surface area contributed by atoms with Crippen LogP contribution in [0.15, 0.2) is 18.3 Å². The predicted molar refractivity (Wildman–Crippen MR) is 123 cm³/mol. The monoisotopic (exact) mass is 460 g/mol. The first kappa shape index (κ1) is 23.0. The summed E-state index contributed by atoms with van der Waals surface area (Å²) in [4.78, 5) is 44.8. The van der Waals surface area contributed by atoms with Crippen LogP contribution in [0.4, 0.5) is 10.6 Å². The molecule has 4 rings (SSSR count). The molecule has 174 valence electrons. The predicted octanol–water partition coefficient (Wildman–Crippen LogP) is 4.90. The van der Waals surface area contributed by atoms with Crippen molar-refractivity contribution in [3.63, 3.8) is 0 Å². The Morgan fingerprint density at radius 1 is 1.06 bits per heavy atom. The van der Waals surface area contributed by atoms with Crippen molar-refractivity contribution in [1.82, 2.24) is 15.2 Å². The number of anilines is 1. The highest BCUT2D eigenvalue weighted by Crippen LogP contribution is 2.32. The Morgan fingerprint density at radius 2 is 1.72 bits per heavy atom. The van der Waals surface area contributed by atoms with E-state index < -0.39 is 18.1 Å². The molecule has 7 nitrogen and oxygen atoms in total. The van der Waals surface area contributed by atoms with Crippen molar-refractivity contribution < 1.29 is 14.4 Å². The molecule has 2 N–H and O–H groups in total. The molecule has 0 spiro atoms. The first-order valence-electron chi connectivity index (χ1n) is 12.1. The fourth-order valence-electron chi connectivity index (χ4n) is 5.49. The van der Waals surface area contributed by atoms with Gasteiger partial charge in [-0.3, -0.25) is 9.59 Å². The van der Waals surface area contributed by atoms with E-state index in [0.29, 0.717) is 35.5 Å². The smallest absolute Gasteiger partial charge is 0.325 e. The maximum absolute atomic E-state index is 13.3. The van der Waals surface area contributed by atoms with Crippen LogP contribution >= 0.6 is 11.6 Å². The number of hydrogen-bond acceptors (Lipinski definition) is 4. The Bertz CT molecular complexity index is 819. The molecule has 1 aliphatic heterocycles. The maximum Gasteiger partial charge on any atom is 0.325 e. The van der Waals surface area contributed by atoms with E-state index in [4.69, 9.17) is 11.6 Å². The Kier molecular flexibility index (Phi) is 7.66. The minimum atomic E-state index is -0.834. The lowest BCUT2D eigenvalue weighted by Gasteiger charge is -2.30. The molecule has 2 unspecified atom stereocenters. The molecule has 3 aliphatic rings. The van der Waals surface area contributed by atoms with E-state index in [9.17, 15) is 14.4 Å². The summed E-state index contributed by atoms with van der Waals surface area (Å²) in [5.74, 6) is 0.518. The van der Waals surface area contributed by atoms with Crippen molar-refractivity contribution in [3.05, 3.63) is 23.4 Å². The van der Waals surface area contributed by atoms with E-state index in [-0.39, 0.29) is 11.8 Å². The molecule has 1 aromatic rings. The summed E-state index contributed by atoms with van der Waals surface area (Å²) < 4.78 is 0. The Labute approximate surface area is 194 Å². The molecular formula is C24H33ClN4O3. The van der Waals surface area contributed by atoms with Crippen molar-refractivity contribution >= 4 is 35.3 Å². The second kappa shape index (κ2) is 10.6. The van der Waals surface area contributed by atoms with Crippen molar-refractivity contribution in [2.45, 2.75) is 89.1 Å². The van der Waals surface area contributed by atoms with Crippen LogP contribution in [-0.4, -0.2) is 39.8 Å². The van der Waals surface area contributed by atoms with E-state index in [1.807, 2.05) is 0 Å². The molecular weight excluding hydrogens is 428 g/mol. The van der Waals surface area contributed by atoms with Crippen LogP contribution in [0.1, 0.15) is 77.0 Å². The van der Waals surface area contributed by atoms with Crippen LogP contribution in [-0.2, 0) is 9.59 Å². The van der Waals surface area contributed by atoms with Crippen molar-refractivity contribution in [1.29, 1.82) is 0 Å².